The van der Waals surface area contributed by atoms with E-state index < -0.39 is 0 Å². The number of benzene rings is 1. The van der Waals surface area contributed by atoms with Gasteiger partial charge in [0, 0.05) is 0 Å². The Hall–Kier alpha value is 1.64. The van der Waals surface area contributed by atoms with Crippen molar-refractivity contribution in [3.63, 3.8) is 0 Å². The third-order valence-electron chi connectivity index (χ3n) is 0.678. The second-order valence-electron chi connectivity index (χ2n) is 1.22. The summed E-state index contributed by atoms with van der Waals surface area (Å²) in [6, 6.07) is 10.5. The molecule has 0 aromatic heterocycles. The fourth-order valence-corrected chi connectivity index (χ4v) is 0.631. The SMILES string of the molecule is Brc1cc[c-]cc1.[Cl-].[Cl-].[Li+].[Mg+2]. The molecule has 0 spiro atoms. The van der Waals surface area contributed by atoms with E-state index in [1.54, 1.807) is 0 Å². The summed E-state index contributed by atoms with van der Waals surface area (Å²) in [5, 5.41) is 0. The Bertz CT molecular complexity index is 151. The van der Waals surface area contributed by atoms with Crippen molar-refractivity contribution in [2.75, 3.05) is 0 Å². The molecule has 0 heterocycles. The van der Waals surface area contributed by atoms with Gasteiger partial charge in [-0.15, -0.1) is 0 Å². The average Bonchev–Trinajstić information content (AvgIpc) is 1.69. The van der Waals surface area contributed by atoms with Gasteiger partial charge in [-0.3, -0.25) is 0 Å². The van der Waals surface area contributed by atoms with Crippen molar-refractivity contribution >= 4 is 39.0 Å². The number of halogens is 3. The molecule has 0 aliphatic carbocycles. The topological polar surface area (TPSA) is 0 Å². The quantitative estimate of drug-likeness (QED) is 0.320. The maximum Gasteiger partial charge on any atom is 2.00 e. The van der Waals surface area contributed by atoms with Gasteiger partial charge in [-0.25, -0.2) is 0 Å². The first-order valence-corrected chi connectivity index (χ1v) is 2.80. The molecule has 0 aliphatic rings. The monoisotopic (exact) mass is 256 g/mol. The maximum absolute atomic E-state index is 3.29. The van der Waals surface area contributed by atoms with Crippen molar-refractivity contribution in [2.45, 2.75) is 0 Å². The Morgan fingerprint density at radius 1 is 1.09 bits per heavy atom. The van der Waals surface area contributed by atoms with Crippen molar-refractivity contribution < 1.29 is 43.7 Å². The zero-order valence-corrected chi connectivity index (χ0v) is 10.7. The van der Waals surface area contributed by atoms with Gasteiger partial charge in [0.05, 0.1) is 0 Å². The van der Waals surface area contributed by atoms with Gasteiger partial charge in [-0.05, 0) is 0 Å². The molecule has 0 nitrogen and oxygen atoms in total. The van der Waals surface area contributed by atoms with Crippen LogP contribution in [0.5, 0.6) is 0 Å². The fourth-order valence-electron chi connectivity index (χ4n) is 0.367. The van der Waals surface area contributed by atoms with Crippen LogP contribution in [0, 0.1) is 6.07 Å². The van der Waals surface area contributed by atoms with E-state index in [1.807, 2.05) is 24.3 Å². The van der Waals surface area contributed by atoms with Crippen LogP contribution in [-0.4, -0.2) is 23.1 Å². The van der Waals surface area contributed by atoms with Crippen LogP contribution in [0.3, 0.4) is 0 Å². The molecule has 11 heavy (non-hydrogen) atoms. The molecule has 1 aromatic carbocycles. The summed E-state index contributed by atoms with van der Waals surface area (Å²) in [5.74, 6) is 0. The molecule has 0 saturated carbocycles. The van der Waals surface area contributed by atoms with Crippen LogP contribution >= 0.6 is 15.9 Å². The van der Waals surface area contributed by atoms with Crippen LogP contribution in [0.2, 0.25) is 0 Å². The van der Waals surface area contributed by atoms with Gasteiger partial charge in [0.15, 0.2) is 0 Å². The number of rotatable bonds is 0. The molecular formula is C6H4BrCl2LiMg. The summed E-state index contributed by atoms with van der Waals surface area (Å²) < 4.78 is 1.10. The van der Waals surface area contributed by atoms with Crippen LogP contribution in [0.4, 0.5) is 0 Å². The third-order valence-corrected chi connectivity index (χ3v) is 1.21. The Morgan fingerprint density at radius 2 is 1.45 bits per heavy atom. The standard InChI is InChI=1S/C6H4Br.2ClH.Li.Mg/c7-6-4-2-1-3-5-6;;;;/h2-5H;2*1H;;/q-1;;;+1;+2/p-2. The molecule has 0 unspecified atom stereocenters. The Balaban J connectivity index is -0.0000000612. The molecule has 0 atom stereocenters. The molecule has 0 amide bonds. The Kier molecular flexibility index (Phi) is 29.6. The molecule has 1 rings (SSSR count). The normalized spacial score (nSPS) is 5.55. The van der Waals surface area contributed by atoms with Crippen LogP contribution < -0.4 is 43.7 Å². The maximum atomic E-state index is 3.29. The summed E-state index contributed by atoms with van der Waals surface area (Å²) in [5.41, 5.74) is 0. The van der Waals surface area contributed by atoms with Gasteiger partial charge in [-0.1, -0.05) is 20.4 Å². The molecule has 0 saturated heterocycles. The summed E-state index contributed by atoms with van der Waals surface area (Å²) in [4.78, 5) is 0. The molecule has 0 fully saturated rings. The van der Waals surface area contributed by atoms with Gasteiger partial charge in [0.1, 0.15) is 0 Å². The van der Waals surface area contributed by atoms with E-state index in [2.05, 4.69) is 22.0 Å². The van der Waals surface area contributed by atoms with Crippen LogP contribution in [0.1, 0.15) is 0 Å². The minimum atomic E-state index is 0. The minimum absolute atomic E-state index is 0. The van der Waals surface area contributed by atoms with E-state index in [1.165, 1.54) is 0 Å². The molecule has 1 aromatic rings. The molecular weight excluding hydrogens is 254 g/mol. The average molecular weight is 258 g/mol. The van der Waals surface area contributed by atoms with E-state index in [0.717, 1.165) is 4.47 Å². The van der Waals surface area contributed by atoms with Crippen molar-refractivity contribution in [1.82, 2.24) is 0 Å². The van der Waals surface area contributed by atoms with Gasteiger partial charge in [0.2, 0.25) is 0 Å². The predicted molar refractivity (Wildman–Crippen MR) is 38.7 cm³/mol. The second-order valence-corrected chi connectivity index (χ2v) is 2.13. The van der Waals surface area contributed by atoms with E-state index in [4.69, 9.17) is 0 Å². The van der Waals surface area contributed by atoms with Crippen LogP contribution in [0.15, 0.2) is 28.7 Å². The molecule has 0 N–H and O–H groups in total. The first-order valence-electron chi connectivity index (χ1n) is 2.01. The smallest absolute Gasteiger partial charge is 1.00 e. The van der Waals surface area contributed by atoms with Crippen molar-refractivity contribution in [1.29, 1.82) is 0 Å². The van der Waals surface area contributed by atoms with E-state index >= 15 is 0 Å². The fraction of sp³-hybridized carbons (Fsp3) is 0. The zero-order valence-electron chi connectivity index (χ0n) is 6.15. The largest absolute Gasteiger partial charge is 2.00 e. The third kappa shape index (κ3) is 11.6. The van der Waals surface area contributed by atoms with E-state index in [9.17, 15) is 0 Å². The van der Waals surface area contributed by atoms with E-state index in [0.29, 0.717) is 0 Å². The van der Waals surface area contributed by atoms with Crippen molar-refractivity contribution in [2.24, 2.45) is 0 Å². The van der Waals surface area contributed by atoms with Gasteiger partial charge < -0.3 is 24.8 Å². The Morgan fingerprint density at radius 3 is 1.64 bits per heavy atom. The molecule has 0 aliphatic heterocycles. The summed E-state index contributed by atoms with van der Waals surface area (Å²) in [6.45, 7) is 0. The first-order chi connectivity index (χ1) is 3.39. The van der Waals surface area contributed by atoms with Crippen LogP contribution in [-0.2, 0) is 0 Å². The summed E-state index contributed by atoms with van der Waals surface area (Å²) in [6.07, 6.45) is 0. The summed E-state index contributed by atoms with van der Waals surface area (Å²) in [7, 11) is 0. The van der Waals surface area contributed by atoms with Gasteiger partial charge in [-0.2, -0.15) is 30.3 Å². The van der Waals surface area contributed by atoms with Crippen LogP contribution in [0.25, 0.3) is 0 Å². The first kappa shape index (κ1) is 22.9. The van der Waals surface area contributed by atoms with Gasteiger partial charge in [0.25, 0.3) is 0 Å². The zero-order chi connectivity index (χ0) is 5.11. The van der Waals surface area contributed by atoms with Crippen molar-refractivity contribution in [3.8, 4) is 0 Å². The number of hydrogen-bond acceptors (Lipinski definition) is 0. The number of hydrogen-bond donors (Lipinski definition) is 0. The predicted octanol–water partition coefficient (Wildman–Crippen LogP) is -7.12. The molecule has 0 bridgehead atoms. The Labute approximate surface area is 116 Å². The van der Waals surface area contributed by atoms with Crippen molar-refractivity contribution in [3.05, 3.63) is 34.8 Å². The van der Waals surface area contributed by atoms with E-state index in [-0.39, 0.29) is 66.7 Å². The second kappa shape index (κ2) is 14.2. The minimum Gasteiger partial charge on any atom is -1.00 e. The molecule has 5 heteroatoms. The summed E-state index contributed by atoms with van der Waals surface area (Å²) >= 11 is 3.29. The molecule has 0 radical (unpaired) electrons. The van der Waals surface area contributed by atoms with Gasteiger partial charge >= 0.3 is 41.9 Å². The molecule has 52 valence electrons.